The summed E-state index contributed by atoms with van der Waals surface area (Å²) in [6, 6.07) is 0. The lowest BCUT2D eigenvalue weighted by Crippen LogP contribution is -2.28. The van der Waals surface area contributed by atoms with Gasteiger partial charge in [0.2, 0.25) is 5.89 Å². The molecule has 18 heavy (non-hydrogen) atoms. The Labute approximate surface area is 102 Å². The summed E-state index contributed by atoms with van der Waals surface area (Å²) in [5, 5.41) is 6.80. The van der Waals surface area contributed by atoms with E-state index in [0.29, 0.717) is 5.89 Å². The van der Waals surface area contributed by atoms with Crippen LogP contribution >= 0.6 is 0 Å². The second kappa shape index (κ2) is 5.66. The molecule has 0 aromatic carbocycles. The number of hydrogen-bond acceptors (Lipinski definition) is 5. The highest BCUT2D eigenvalue weighted by molar-refractivity contribution is 4.96. The Morgan fingerprint density at radius 1 is 1.44 bits per heavy atom. The summed E-state index contributed by atoms with van der Waals surface area (Å²) in [6.45, 7) is 0.127. The summed E-state index contributed by atoms with van der Waals surface area (Å²) in [4.78, 5) is 4.04. The molecule has 1 fully saturated rings. The molecule has 102 valence electrons. The van der Waals surface area contributed by atoms with Crippen LogP contribution in [-0.4, -0.2) is 36.0 Å². The highest BCUT2D eigenvalue weighted by Gasteiger charge is 2.28. The zero-order valence-corrected chi connectivity index (χ0v) is 9.66. The Morgan fingerprint density at radius 2 is 2.28 bits per heavy atom. The number of alkyl halides is 3. The van der Waals surface area contributed by atoms with Crippen molar-refractivity contribution in [2.45, 2.75) is 31.5 Å². The van der Waals surface area contributed by atoms with Crippen molar-refractivity contribution in [3.63, 3.8) is 0 Å². The molecule has 5 nitrogen and oxygen atoms in total. The van der Waals surface area contributed by atoms with Crippen LogP contribution in [0, 0.1) is 0 Å². The van der Waals surface area contributed by atoms with Gasteiger partial charge in [0.15, 0.2) is 5.82 Å². The van der Waals surface area contributed by atoms with Crippen LogP contribution in [0.5, 0.6) is 0 Å². The first-order chi connectivity index (χ1) is 8.54. The van der Waals surface area contributed by atoms with E-state index in [9.17, 15) is 13.2 Å². The van der Waals surface area contributed by atoms with Crippen molar-refractivity contribution >= 4 is 0 Å². The maximum Gasteiger partial charge on any atom is 0.411 e. The molecule has 1 saturated heterocycles. The van der Waals surface area contributed by atoms with Gasteiger partial charge < -0.3 is 14.6 Å². The van der Waals surface area contributed by atoms with E-state index >= 15 is 0 Å². The van der Waals surface area contributed by atoms with Crippen molar-refractivity contribution in [2.24, 2.45) is 0 Å². The Kier molecular flexibility index (Phi) is 4.18. The fraction of sp³-hybridized carbons (Fsp3) is 0.800. The van der Waals surface area contributed by atoms with Crippen molar-refractivity contribution in [2.75, 3.05) is 19.7 Å². The quantitative estimate of drug-likeness (QED) is 0.896. The van der Waals surface area contributed by atoms with Crippen LogP contribution < -0.4 is 5.32 Å². The minimum Gasteiger partial charge on any atom is -0.364 e. The predicted molar refractivity (Wildman–Crippen MR) is 54.9 cm³/mol. The van der Waals surface area contributed by atoms with Crippen molar-refractivity contribution in [3.05, 3.63) is 11.7 Å². The average Bonchev–Trinajstić information content (AvgIpc) is 2.77. The summed E-state index contributed by atoms with van der Waals surface area (Å²) < 4.78 is 45.1. The highest BCUT2D eigenvalue weighted by atomic mass is 19.4. The Morgan fingerprint density at radius 3 is 2.94 bits per heavy atom. The maximum absolute atomic E-state index is 11.9. The lowest BCUT2D eigenvalue weighted by molar-refractivity contribution is -0.177. The van der Waals surface area contributed by atoms with Crippen LogP contribution in [0.2, 0.25) is 0 Å². The van der Waals surface area contributed by atoms with Crippen molar-refractivity contribution in [1.82, 2.24) is 15.5 Å². The third-order valence-electron chi connectivity index (χ3n) is 2.63. The largest absolute Gasteiger partial charge is 0.411 e. The third kappa shape index (κ3) is 3.95. The van der Waals surface area contributed by atoms with Crippen LogP contribution in [0.4, 0.5) is 13.2 Å². The van der Waals surface area contributed by atoms with Crippen LogP contribution in [0.25, 0.3) is 0 Å². The van der Waals surface area contributed by atoms with E-state index in [2.05, 4.69) is 20.2 Å². The molecule has 1 N–H and O–H groups in total. The monoisotopic (exact) mass is 265 g/mol. The first-order valence-corrected chi connectivity index (χ1v) is 5.72. The van der Waals surface area contributed by atoms with Gasteiger partial charge in [-0.25, -0.2) is 0 Å². The van der Waals surface area contributed by atoms with E-state index < -0.39 is 12.8 Å². The maximum atomic E-state index is 11.9. The molecule has 0 saturated carbocycles. The lowest BCUT2D eigenvalue weighted by atomic mass is 10.00. The summed E-state index contributed by atoms with van der Waals surface area (Å²) >= 11 is 0. The van der Waals surface area contributed by atoms with Gasteiger partial charge in [-0.1, -0.05) is 5.16 Å². The molecule has 8 heteroatoms. The van der Waals surface area contributed by atoms with Gasteiger partial charge in [0.25, 0.3) is 0 Å². The molecule has 0 aliphatic carbocycles. The number of hydrogen-bond donors (Lipinski definition) is 1. The third-order valence-corrected chi connectivity index (χ3v) is 2.63. The van der Waals surface area contributed by atoms with Crippen LogP contribution in [0.1, 0.15) is 30.5 Å². The van der Waals surface area contributed by atoms with Gasteiger partial charge in [-0.05, 0) is 19.4 Å². The molecule has 2 heterocycles. The molecule has 0 radical (unpaired) electrons. The van der Waals surface area contributed by atoms with E-state index in [0.717, 1.165) is 25.9 Å². The first kappa shape index (κ1) is 13.3. The number of halogens is 3. The number of aromatic nitrogens is 2. The number of nitrogens with one attached hydrogen (secondary N) is 1. The van der Waals surface area contributed by atoms with Gasteiger partial charge in [0.05, 0.1) is 5.92 Å². The second-order valence-corrected chi connectivity index (χ2v) is 4.20. The van der Waals surface area contributed by atoms with Crippen molar-refractivity contribution in [1.29, 1.82) is 0 Å². The molecular weight excluding hydrogens is 251 g/mol. The van der Waals surface area contributed by atoms with Crippen molar-refractivity contribution in [3.8, 4) is 0 Å². The summed E-state index contributed by atoms with van der Waals surface area (Å²) in [6.07, 6.45) is -2.37. The molecule has 2 rings (SSSR count). The van der Waals surface area contributed by atoms with Gasteiger partial charge in [-0.2, -0.15) is 18.2 Å². The SMILES string of the molecule is FC(F)(F)COCc1noc(C2CCCNC2)n1. The van der Waals surface area contributed by atoms with Crippen molar-refractivity contribution < 1.29 is 22.4 Å². The van der Waals surface area contributed by atoms with E-state index in [1.807, 2.05) is 0 Å². The average molecular weight is 265 g/mol. The molecule has 1 aliphatic heterocycles. The smallest absolute Gasteiger partial charge is 0.364 e. The molecule has 1 atom stereocenters. The molecule has 0 amide bonds. The number of rotatable bonds is 4. The van der Waals surface area contributed by atoms with Crippen LogP contribution in [-0.2, 0) is 11.3 Å². The summed E-state index contributed by atoms with van der Waals surface area (Å²) in [7, 11) is 0. The Balaban J connectivity index is 1.82. The zero-order valence-electron chi connectivity index (χ0n) is 9.66. The molecule has 1 aromatic heterocycles. The standard InChI is InChI=1S/C10H14F3N3O2/c11-10(12,13)6-17-5-8-15-9(18-16-8)7-2-1-3-14-4-7/h7,14H,1-6H2. The van der Waals surface area contributed by atoms with E-state index in [4.69, 9.17) is 4.52 Å². The fourth-order valence-corrected chi connectivity index (χ4v) is 1.81. The molecule has 0 spiro atoms. The minimum atomic E-state index is -4.33. The van der Waals surface area contributed by atoms with Crippen LogP contribution in [0.3, 0.4) is 0 Å². The lowest BCUT2D eigenvalue weighted by Gasteiger charge is -2.18. The number of ether oxygens (including phenoxy) is 1. The normalized spacial score (nSPS) is 21.2. The summed E-state index contributed by atoms with van der Waals surface area (Å²) in [5.41, 5.74) is 0. The van der Waals surface area contributed by atoms with Gasteiger partial charge in [0, 0.05) is 6.54 Å². The Hall–Kier alpha value is -1.15. The number of nitrogens with zero attached hydrogens (tertiary/aromatic N) is 2. The van der Waals surface area contributed by atoms with Gasteiger partial charge in [0.1, 0.15) is 13.2 Å². The van der Waals surface area contributed by atoms with E-state index in [-0.39, 0.29) is 18.3 Å². The van der Waals surface area contributed by atoms with E-state index in [1.165, 1.54) is 0 Å². The van der Waals surface area contributed by atoms with Crippen LogP contribution in [0.15, 0.2) is 4.52 Å². The minimum absolute atomic E-state index is 0.141. The fourth-order valence-electron chi connectivity index (χ4n) is 1.81. The highest BCUT2D eigenvalue weighted by Crippen LogP contribution is 2.21. The first-order valence-electron chi connectivity index (χ1n) is 5.72. The van der Waals surface area contributed by atoms with E-state index in [1.54, 1.807) is 0 Å². The van der Waals surface area contributed by atoms with Gasteiger partial charge in [-0.15, -0.1) is 0 Å². The van der Waals surface area contributed by atoms with Gasteiger partial charge in [-0.3, -0.25) is 0 Å². The molecule has 1 unspecified atom stereocenters. The number of piperidine rings is 1. The molecule has 0 bridgehead atoms. The molecule has 1 aliphatic rings. The summed E-state index contributed by atoms with van der Waals surface area (Å²) in [5.74, 6) is 0.759. The topological polar surface area (TPSA) is 60.2 Å². The molecular formula is C10H14F3N3O2. The second-order valence-electron chi connectivity index (χ2n) is 4.20. The van der Waals surface area contributed by atoms with Gasteiger partial charge >= 0.3 is 6.18 Å². The molecule has 1 aromatic rings. The Bertz CT molecular complexity index is 375. The zero-order chi connectivity index (χ0) is 13.0. The predicted octanol–water partition coefficient (Wildman–Crippen LogP) is 1.62.